The highest BCUT2D eigenvalue weighted by Gasteiger charge is 2.25. The van der Waals surface area contributed by atoms with Gasteiger partial charge in [0.05, 0.1) is 34.0 Å². The van der Waals surface area contributed by atoms with Crippen LogP contribution in [0.25, 0.3) is 33.1 Å². The molecule has 0 saturated heterocycles. The number of hydrogen-bond donors (Lipinski definition) is 4. The van der Waals surface area contributed by atoms with Crippen molar-refractivity contribution in [3.8, 4) is 11.1 Å². The first kappa shape index (κ1) is 17.3. The topological polar surface area (TPSA) is 138 Å². The van der Waals surface area contributed by atoms with Crippen molar-refractivity contribution in [3.63, 3.8) is 0 Å². The molecule has 0 amide bonds. The highest BCUT2D eigenvalue weighted by atomic mass is 16.4. The molecular weight excluding hydrogens is 360 g/mol. The molecule has 138 valence electrons. The summed E-state index contributed by atoms with van der Waals surface area (Å²) in [4.78, 5) is 23.3. The van der Waals surface area contributed by atoms with Crippen LogP contribution in [0.1, 0.15) is 20.7 Å². The Labute approximate surface area is 158 Å². The third-order valence-corrected chi connectivity index (χ3v) is 4.54. The Hall–Kier alpha value is -4.13. The van der Waals surface area contributed by atoms with Crippen molar-refractivity contribution in [2.75, 3.05) is 11.5 Å². The van der Waals surface area contributed by atoms with Crippen LogP contribution in [0.2, 0.25) is 0 Å². The van der Waals surface area contributed by atoms with Crippen LogP contribution in [-0.4, -0.2) is 22.2 Å². The SMILES string of the molecule is Nc1ccc2c(-c3cc(C(=O)O)ccc3C(=O)O)c3ccc(N)cc3[o+]c2c1. The van der Waals surface area contributed by atoms with Crippen molar-refractivity contribution in [2.24, 2.45) is 0 Å². The Bertz CT molecular complexity index is 1240. The van der Waals surface area contributed by atoms with Gasteiger partial charge in [0.2, 0.25) is 0 Å². The summed E-state index contributed by atoms with van der Waals surface area (Å²) < 4.78 is 5.92. The second kappa shape index (κ2) is 6.24. The maximum Gasteiger partial charge on any atom is 0.363 e. The van der Waals surface area contributed by atoms with Gasteiger partial charge in [0.25, 0.3) is 0 Å². The van der Waals surface area contributed by atoms with Gasteiger partial charge in [-0.25, -0.2) is 14.0 Å². The zero-order valence-corrected chi connectivity index (χ0v) is 14.5. The molecule has 3 aromatic carbocycles. The van der Waals surface area contributed by atoms with Crippen molar-refractivity contribution >= 4 is 45.3 Å². The molecule has 0 aliphatic rings. The third-order valence-electron chi connectivity index (χ3n) is 4.54. The molecule has 7 nitrogen and oxygen atoms in total. The molecule has 0 spiro atoms. The van der Waals surface area contributed by atoms with Crippen molar-refractivity contribution in [1.29, 1.82) is 0 Å². The fourth-order valence-electron chi connectivity index (χ4n) is 3.28. The van der Waals surface area contributed by atoms with Crippen molar-refractivity contribution in [1.82, 2.24) is 0 Å². The van der Waals surface area contributed by atoms with Crippen LogP contribution in [0.4, 0.5) is 11.4 Å². The maximum absolute atomic E-state index is 11.8. The van der Waals surface area contributed by atoms with Crippen molar-refractivity contribution in [2.45, 2.75) is 0 Å². The summed E-state index contributed by atoms with van der Waals surface area (Å²) in [6.07, 6.45) is 0. The highest BCUT2D eigenvalue weighted by molar-refractivity contribution is 6.13. The summed E-state index contributed by atoms with van der Waals surface area (Å²) in [5.74, 6) is -2.32. The molecule has 0 aliphatic heterocycles. The molecule has 6 N–H and O–H groups in total. The van der Waals surface area contributed by atoms with E-state index in [1.165, 1.54) is 18.2 Å². The van der Waals surface area contributed by atoms with Crippen LogP contribution in [-0.2, 0) is 0 Å². The Balaban J connectivity index is 2.22. The summed E-state index contributed by atoms with van der Waals surface area (Å²) in [6.45, 7) is 0. The second-order valence-corrected chi connectivity index (χ2v) is 6.36. The molecule has 1 aromatic heterocycles. The van der Waals surface area contributed by atoms with E-state index >= 15 is 0 Å². The van der Waals surface area contributed by atoms with Gasteiger partial charge in [0.1, 0.15) is 0 Å². The molecule has 0 saturated carbocycles. The van der Waals surface area contributed by atoms with Crippen LogP contribution in [0.3, 0.4) is 0 Å². The molecule has 0 atom stereocenters. The molecule has 0 unspecified atom stereocenters. The number of carboxylic acids is 2. The van der Waals surface area contributed by atoms with E-state index in [4.69, 9.17) is 15.9 Å². The number of rotatable bonds is 3. The van der Waals surface area contributed by atoms with Gasteiger partial charge in [-0.05, 0) is 48.0 Å². The lowest BCUT2D eigenvalue weighted by molar-refractivity contribution is 0.0682. The fraction of sp³-hybridized carbons (Fsp3) is 0. The number of nitrogen functional groups attached to an aromatic ring is 2. The molecule has 4 aromatic rings. The molecule has 4 rings (SSSR count). The number of aromatic carboxylic acids is 2. The molecule has 0 bridgehead atoms. The smallest absolute Gasteiger partial charge is 0.363 e. The number of nitrogens with two attached hydrogens (primary N) is 2. The minimum absolute atomic E-state index is 0.0204. The molecular formula is C21H15N2O5+. The van der Waals surface area contributed by atoms with Crippen molar-refractivity contribution < 1.29 is 24.2 Å². The molecule has 28 heavy (non-hydrogen) atoms. The summed E-state index contributed by atoms with van der Waals surface area (Å²) >= 11 is 0. The van der Waals surface area contributed by atoms with E-state index in [9.17, 15) is 19.8 Å². The lowest BCUT2D eigenvalue weighted by Gasteiger charge is -2.10. The van der Waals surface area contributed by atoms with E-state index < -0.39 is 11.9 Å². The Morgan fingerprint density at radius 2 is 1.32 bits per heavy atom. The Morgan fingerprint density at radius 3 is 1.82 bits per heavy atom. The lowest BCUT2D eigenvalue weighted by Crippen LogP contribution is -2.04. The number of fused-ring (bicyclic) bond motifs is 2. The van der Waals surface area contributed by atoms with Crippen LogP contribution >= 0.6 is 0 Å². The molecule has 0 aliphatic carbocycles. The van der Waals surface area contributed by atoms with Gasteiger partial charge in [-0.15, -0.1) is 0 Å². The second-order valence-electron chi connectivity index (χ2n) is 6.36. The van der Waals surface area contributed by atoms with E-state index in [-0.39, 0.29) is 16.7 Å². The lowest BCUT2D eigenvalue weighted by atomic mass is 9.92. The first-order valence-corrected chi connectivity index (χ1v) is 8.31. The third kappa shape index (κ3) is 2.75. The number of anilines is 2. The zero-order valence-electron chi connectivity index (χ0n) is 14.5. The number of carboxylic acid groups (broad SMARTS) is 2. The van der Waals surface area contributed by atoms with Gasteiger partial charge in [0, 0.05) is 16.9 Å². The normalized spacial score (nSPS) is 11.0. The average Bonchev–Trinajstić information content (AvgIpc) is 2.65. The first-order chi connectivity index (χ1) is 13.3. The summed E-state index contributed by atoms with van der Waals surface area (Å²) in [5.41, 5.74) is 14.3. The average molecular weight is 375 g/mol. The van der Waals surface area contributed by atoms with E-state index in [0.717, 1.165) is 0 Å². The van der Waals surface area contributed by atoms with Gasteiger partial charge in [-0.1, -0.05) is 0 Å². The monoisotopic (exact) mass is 375 g/mol. The predicted molar refractivity (Wildman–Crippen MR) is 106 cm³/mol. The van der Waals surface area contributed by atoms with Gasteiger partial charge in [0.15, 0.2) is 0 Å². The minimum atomic E-state index is -1.17. The quantitative estimate of drug-likeness (QED) is 0.240. The summed E-state index contributed by atoms with van der Waals surface area (Å²) in [6, 6.07) is 14.0. The van der Waals surface area contributed by atoms with E-state index in [1.54, 1.807) is 36.4 Å². The van der Waals surface area contributed by atoms with Gasteiger partial charge in [-0.3, -0.25) is 0 Å². The van der Waals surface area contributed by atoms with Crippen LogP contribution in [0.15, 0.2) is 59.0 Å². The van der Waals surface area contributed by atoms with E-state index in [0.29, 0.717) is 38.9 Å². The summed E-state index contributed by atoms with van der Waals surface area (Å²) in [7, 11) is 0. The van der Waals surface area contributed by atoms with Crippen LogP contribution < -0.4 is 11.5 Å². The largest absolute Gasteiger partial charge is 0.478 e. The predicted octanol–water partition coefficient (Wildman–Crippen LogP) is 4.09. The van der Waals surface area contributed by atoms with Gasteiger partial charge < -0.3 is 21.7 Å². The molecule has 0 fully saturated rings. The molecule has 1 heterocycles. The molecule has 0 radical (unpaired) electrons. The highest BCUT2D eigenvalue weighted by Crippen LogP contribution is 2.39. The number of hydrogen-bond acceptors (Lipinski definition) is 4. The van der Waals surface area contributed by atoms with Crippen LogP contribution in [0.5, 0.6) is 0 Å². The summed E-state index contributed by atoms with van der Waals surface area (Å²) in [5, 5.41) is 20.3. The van der Waals surface area contributed by atoms with Crippen molar-refractivity contribution in [3.05, 3.63) is 65.7 Å². The van der Waals surface area contributed by atoms with Crippen LogP contribution in [0, 0.1) is 0 Å². The van der Waals surface area contributed by atoms with Gasteiger partial charge in [-0.2, -0.15) is 0 Å². The fourth-order valence-corrected chi connectivity index (χ4v) is 3.28. The first-order valence-electron chi connectivity index (χ1n) is 8.31. The maximum atomic E-state index is 11.8. The minimum Gasteiger partial charge on any atom is -0.478 e. The standard InChI is InChI=1S/C21H14N2O5/c22-11-2-5-14-17(8-11)28-18-9-12(23)3-6-15(18)19(14)16-7-10(20(24)25)1-4-13(16)21(26)27/h1-9H,22-23H2,(H-,24,25,26,27)/p+1. The Morgan fingerprint density at radius 1 is 0.750 bits per heavy atom. The number of carbonyl (C=O) groups is 2. The van der Waals surface area contributed by atoms with E-state index in [1.807, 2.05) is 0 Å². The Kier molecular flexibility index (Phi) is 3.85. The van der Waals surface area contributed by atoms with E-state index in [2.05, 4.69) is 0 Å². The number of benzene rings is 3. The zero-order chi connectivity index (χ0) is 20.0. The van der Waals surface area contributed by atoms with Gasteiger partial charge >= 0.3 is 23.1 Å². The molecule has 7 heteroatoms.